The maximum Gasteiger partial charge on any atom is 0.314 e. The van der Waals surface area contributed by atoms with Gasteiger partial charge in [-0.25, -0.2) is 0 Å². The molecular weight excluding hydrogens is 700 g/mol. The van der Waals surface area contributed by atoms with E-state index in [0.29, 0.717) is 22.6 Å². The Morgan fingerprint density at radius 3 is 1.66 bits per heavy atom. The van der Waals surface area contributed by atoms with Gasteiger partial charge in [0, 0.05) is 30.9 Å². The van der Waals surface area contributed by atoms with Gasteiger partial charge in [-0.05, 0) is 36.4 Å². The molecule has 0 bridgehead atoms. The molecule has 3 saturated heterocycles. The molecule has 0 saturated carbocycles. The molecule has 0 aromatic heterocycles. The second-order valence-electron chi connectivity index (χ2n) is 13.5. The number of aliphatic hydroxyl groups is 6. The van der Waals surface area contributed by atoms with Crippen LogP contribution in [0.15, 0.2) is 60.7 Å². The van der Waals surface area contributed by atoms with E-state index in [4.69, 9.17) is 28.4 Å². The fourth-order valence-corrected chi connectivity index (χ4v) is 7.58. The first-order chi connectivity index (χ1) is 25.4. The van der Waals surface area contributed by atoms with Gasteiger partial charge in [0.05, 0.1) is 19.1 Å². The first kappa shape index (κ1) is 36.8. The highest BCUT2D eigenvalue weighted by molar-refractivity contribution is 5.82. The van der Waals surface area contributed by atoms with Gasteiger partial charge < -0.3 is 69.7 Å². The van der Waals surface area contributed by atoms with E-state index < -0.39 is 110 Å². The summed E-state index contributed by atoms with van der Waals surface area (Å²) in [6.45, 7) is 1.14. The Bertz CT molecular complexity index is 1710. The van der Waals surface area contributed by atoms with Crippen LogP contribution in [0.5, 0.6) is 23.0 Å². The SMILES string of the molecule is CC(=O)N[C@H]1[C@H](Oc2ccc3c(c2)C2(OC(=O)[C@H]4C=CC=C[C@@H]42)c2cc(O[C@@H]4O[C@H](CO)[C@H](O)[C@H](O)[C@H]4NC(C)=O)ccc2O3)O[C@H](CO)[C@H](O)[C@@H]1O. The summed E-state index contributed by atoms with van der Waals surface area (Å²) in [4.78, 5) is 37.6. The molecule has 17 heteroatoms. The number of rotatable bonds is 8. The summed E-state index contributed by atoms with van der Waals surface area (Å²) in [5.41, 5.74) is -0.835. The zero-order valence-electron chi connectivity index (χ0n) is 28.5. The number of hydrogen-bond acceptors (Lipinski definition) is 15. The Kier molecular flexibility index (Phi) is 9.94. The van der Waals surface area contributed by atoms with Gasteiger partial charge in [0.2, 0.25) is 24.4 Å². The van der Waals surface area contributed by atoms with Crippen molar-refractivity contribution < 1.29 is 73.4 Å². The summed E-state index contributed by atoms with van der Waals surface area (Å²) in [7, 11) is 0. The summed E-state index contributed by atoms with van der Waals surface area (Å²) in [6.07, 6.45) is -4.31. The summed E-state index contributed by atoms with van der Waals surface area (Å²) in [5.74, 6) is -2.02. The number of esters is 1. The van der Waals surface area contributed by atoms with Crippen molar-refractivity contribution in [2.24, 2.45) is 11.8 Å². The van der Waals surface area contributed by atoms with Crippen molar-refractivity contribution in [2.75, 3.05) is 13.2 Å². The van der Waals surface area contributed by atoms with Crippen molar-refractivity contribution >= 4 is 17.8 Å². The van der Waals surface area contributed by atoms with Gasteiger partial charge in [0.15, 0.2) is 5.60 Å². The average molecular weight is 741 g/mol. The van der Waals surface area contributed by atoms with E-state index in [1.165, 1.54) is 13.8 Å². The maximum absolute atomic E-state index is 13.6. The third-order valence-corrected chi connectivity index (χ3v) is 10.1. The molecule has 284 valence electrons. The molecule has 17 nitrogen and oxygen atoms in total. The van der Waals surface area contributed by atoms with Crippen molar-refractivity contribution in [3.05, 3.63) is 71.8 Å². The molecular formula is C36H40N2O15. The Labute approximate surface area is 302 Å². The summed E-state index contributed by atoms with van der Waals surface area (Å²) < 4.78 is 36.5. The molecule has 53 heavy (non-hydrogen) atoms. The van der Waals surface area contributed by atoms with Crippen LogP contribution in [0.2, 0.25) is 0 Å². The highest BCUT2D eigenvalue weighted by Crippen LogP contribution is 2.60. The molecule has 5 aliphatic rings. The van der Waals surface area contributed by atoms with Gasteiger partial charge in [-0.15, -0.1) is 0 Å². The summed E-state index contributed by atoms with van der Waals surface area (Å²) in [6, 6.07) is 6.91. The van der Waals surface area contributed by atoms with Crippen molar-refractivity contribution in [1.29, 1.82) is 0 Å². The number of allylic oxidation sites excluding steroid dienone is 2. The molecule has 0 unspecified atom stereocenters. The van der Waals surface area contributed by atoms with Crippen LogP contribution in [0.4, 0.5) is 0 Å². The number of amides is 2. The largest absolute Gasteiger partial charge is 0.463 e. The van der Waals surface area contributed by atoms with Crippen LogP contribution in [-0.4, -0.2) is 123 Å². The Morgan fingerprint density at radius 2 is 1.21 bits per heavy atom. The monoisotopic (exact) mass is 740 g/mol. The van der Waals surface area contributed by atoms with Crippen molar-refractivity contribution in [3.63, 3.8) is 0 Å². The first-order valence-electron chi connectivity index (χ1n) is 17.0. The molecule has 1 aliphatic carbocycles. The fraction of sp³-hybridized carbons (Fsp3) is 0.472. The van der Waals surface area contributed by atoms with E-state index in [1.54, 1.807) is 54.6 Å². The van der Waals surface area contributed by atoms with Crippen molar-refractivity contribution in [1.82, 2.24) is 10.6 Å². The fourth-order valence-electron chi connectivity index (χ4n) is 7.58. The minimum atomic E-state index is -1.56. The smallest absolute Gasteiger partial charge is 0.314 e. The van der Waals surface area contributed by atoms with Crippen molar-refractivity contribution in [3.8, 4) is 23.0 Å². The highest BCUT2D eigenvalue weighted by atomic mass is 16.7. The molecule has 7 rings (SSSR count). The third kappa shape index (κ3) is 6.42. The van der Waals surface area contributed by atoms with Crippen LogP contribution in [0.3, 0.4) is 0 Å². The molecule has 2 amide bonds. The minimum absolute atomic E-state index is 0.134. The molecule has 12 atom stereocenters. The van der Waals surface area contributed by atoms with Gasteiger partial charge in [-0.3, -0.25) is 14.4 Å². The van der Waals surface area contributed by atoms with Gasteiger partial charge in [0.25, 0.3) is 0 Å². The topological polar surface area (TPSA) is 252 Å². The van der Waals surface area contributed by atoms with Gasteiger partial charge >= 0.3 is 5.97 Å². The number of ether oxygens (including phenoxy) is 6. The molecule has 8 N–H and O–H groups in total. The Balaban J connectivity index is 1.28. The zero-order chi connectivity index (χ0) is 37.8. The lowest BCUT2D eigenvalue weighted by molar-refractivity contribution is -0.244. The van der Waals surface area contributed by atoms with E-state index in [9.17, 15) is 45.0 Å². The third-order valence-electron chi connectivity index (χ3n) is 10.1. The zero-order valence-corrected chi connectivity index (χ0v) is 28.5. The van der Waals surface area contributed by atoms with E-state index in [1.807, 2.05) is 6.08 Å². The lowest BCUT2D eigenvalue weighted by atomic mass is 9.70. The molecule has 2 aromatic carbocycles. The predicted octanol–water partition coefficient (Wildman–Crippen LogP) is -1.40. The van der Waals surface area contributed by atoms with Crippen LogP contribution < -0.4 is 24.8 Å². The quantitative estimate of drug-likeness (QED) is 0.145. The number of aliphatic hydroxyl groups excluding tert-OH is 6. The van der Waals surface area contributed by atoms with Crippen LogP contribution >= 0.6 is 0 Å². The molecule has 1 spiro atoms. The molecule has 4 aliphatic heterocycles. The summed E-state index contributed by atoms with van der Waals surface area (Å²) >= 11 is 0. The van der Waals surface area contributed by atoms with Crippen molar-refractivity contribution in [2.45, 2.75) is 80.7 Å². The normalized spacial score (nSPS) is 34.9. The Hall–Kier alpha value is -4.59. The molecule has 4 heterocycles. The predicted molar refractivity (Wildman–Crippen MR) is 177 cm³/mol. The van der Waals surface area contributed by atoms with E-state index in [2.05, 4.69) is 10.6 Å². The van der Waals surface area contributed by atoms with Gasteiger partial charge in [0.1, 0.15) is 71.7 Å². The van der Waals surface area contributed by atoms with Crippen LogP contribution in [-0.2, 0) is 34.2 Å². The number of fused-ring (bicyclic) bond motifs is 6. The number of hydrogen-bond donors (Lipinski definition) is 8. The standard InChI is InChI=1S/C36H40N2O15/c1-15(41)37-27-31(45)29(43)25(13-39)51-34(27)48-17-7-9-23-21(11-17)36(20-6-4-3-5-19(20)33(47)53-36)22-12-18(8-10-24(22)50-23)49-35-28(38-16(2)42)32(46)30(44)26(14-40)52-35/h3-12,19-20,25-32,34-35,39-40,43-46H,13-14H2,1-2H3,(H,37,41)(H,38,42)/t19-,20-,25+,26+,27+,28+,29-,30-,31+,32+,34+,35+/m0/s1. The van der Waals surface area contributed by atoms with E-state index >= 15 is 0 Å². The maximum atomic E-state index is 13.6. The number of carbonyl (C=O) groups excluding carboxylic acids is 3. The van der Waals surface area contributed by atoms with E-state index in [-0.39, 0.29) is 11.5 Å². The second kappa shape index (κ2) is 14.3. The Morgan fingerprint density at radius 1 is 0.736 bits per heavy atom. The van der Waals surface area contributed by atoms with Crippen LogP contribution in [0, 0.1) is 11.8 Å². The van der Waals surface area contributed by atoms with Crippen LogP contribution in [0.25, 0.3) is 0 Å². The number of nitrogens with one attached hydrogen (secondary N) is 2. The lowest BCUT2D eigenvalue weighted by Gasteiger charge is -2.43. The van der Waals surface area contributed by atoms with E-state index in [0.717, 1.165) is 0 Å². The number of carbonyl (C=O) groups is 3. The second-order valence-corrected chi connectivity index (χ2v) is 13.5. The molecule has 2 aromatic rings. The number of benzene rings is 2. The minimum Gasteiger partial charge on any atom is -0.463 e. The average Bonchev–Trinajstić information content (AvgIpc) is 3.43. The highest BCUT2D eigenvalue weighted by Gasteiger charge is 2.60. The summed E-state index contributed by atoms with van der Waals surface area (Å²) in [5, 5.41) is 67.2. The van der Waals surface area contributed by atoms with Crippen LogP contribution in [0.1, 0.15) is 25.0 Å². The van der Waals surface area contributed by atoms with Gasteiger partial charge in [-0.2, -0.15) is 0 Å². The lowest BCUT2D eigenvalue weighted by Crippen LogP contribution is -2.65. The molecule has 0 radical (unpaired) electrons. The first-order valence-corrected chi connectivity index (χ1v) is 17.0. The van der Waals surface area contributed by atoms with Gasteiger partial charge in [-0.1, -0.05) is 24.3 Å². The molecule has 3 fully saturated rings.